The molecule has 2 fully saturated rings. The number of carbonyl (C=O) groups excluding carboxylic acids is 1. The number of piperidine rings is 1. The van der Waals surface area contributed by atoms with E-state index in [9.17, 15) is 4.79 Å². The number of nitrogens with one attached hydrogen (secondary N) is 1. The van der Waals surface area contributed by atoms with Crippen molar-refractivity contribution in [2.45, 2.75) is 18.4 Å². The van der Waals surface area contributed by atoms with Gasteiger partial charge >= 0.3 is 6.09 Å². The van der Waals surface area contributed by atoms with Gasteiger partial charge in [0.2, 0.25) is 0 Å². The molecule has 5 heteroatoms. The first-order chi connectivity index (χ1) is 9.76. The first-order valence-electron chi connectivity index (χ1n) is 7.13. The fraction of sp³-hybridized carbons (Fsp3) is 0.533. The van der Waals surface area contributed by atoms with Crippen molar-refractivity contribution >= 4 is 6.09 Å². The molecule has 0 aromatic heterocycles. The zero-order valence-electron chi connectivity index (χ0n) is 11.5. The van der Waals surface area contributed by atoms with E-state index < -0.39 is 0 Å². The Hall–Kier alpha value is -1.75. The van der Waals surface area contributed by atoms with Gasteiger partial charge in [-0.3, -0.25) is 4.90 Å². The van der Waals surface area contributed by atoms with Crippen molar-refractivity contribution in [2.24, 2.45) is 0 Å². The van der Waals surface area contributed by atoms with Gasteiger partial charge in [-0.05, 0) is 12.1 Å². The summed E-state index contributed by atoms with van der Waals surface area (Å²) in [4.78, 5) is 13.5. The topological polar surface area (TPSA) is 50.8 Å². The second-order valence-corrected chi connectivity index (χ2v) is 5.43. The third-order valence-corrected chi connectivity index (χ3v) is 4.05. The van der Waals surface area contributed by atoms with Crippen LogP contribution in [0.15, 0.2) is 30.3 Å². The lowest BCUT2D eigenvalue weighted by atomic mass is 9.92. The van der Waals surface area contributed by atoms with Crippen LogP contribution < -0.4 is 10.1 Å². The number of amides is 1. The molecule has 1 spiro atoms. The van der Waals surface area contributed by atoms with E-state index in [1.807, 2.05) is 30.3 Å². The number of carbonyl (C=O) groups is 1. The molecule has 1 aromatic carbocycles. The molecular formula is C15H20N2O3. The second-order valence-electron chi connectivity index (χ2n) is 5.43. The van der Waals surface area contributed by atoms with E-state index in [1.54, 1.807) is 0 Å². The lowest BCUT2D eigenvalue weighted by Gasteiger charge is -2.36. The van der Waals surface area contributed by atoms with Crippen LogP contribution in [-0.2, 0) is 4.74 Å². The van der Waals surface area contributed by atoms with Gasteiger partial charge in [-0.1, -0.05) is 18.2 Å². The van der Waals surface area contributed by atoms with E-state index in [4.69, 9.17) is 9.47 Å². The Morgan fingerprint density at radius 2 is 2.00 bits per heavy atom. The fourth-order valence-corrected chi connectivity index (χ4v) is 2.77. The maximum Gasteiger partial charge on any atom is 0.407 e. The molecule has 0 bridgehead atoms. The SMILES string of the molecule is O=C1NCC2(CCN(CCOc3ccccc3)CC2)O1. The molecule has 0 aliphatic carbocycles. The monoisotopic (exact) mass is 276 g/mol. The summed E-state index contributed by atoms with van der Waals surface area (Å²) in [5, 5.41) is 2.76. The van der Waals surface area contributed by atoms with E-state index in [2.05, 4.69) is 10.2 Å². The Kier molecular flexibility index (Phi) is 3.78. The van der Waals surface area contributed by atoms with Gasteiger partial charge < -0.3 is 14.8 Å². The number of benzene rings is 1. The van der Waals surface area contributed by atoms with Gasteiger partial charge in [-0.15, -0.1) is 0 Å². The molecule has 20 heavy (non-hydrogen) atoms. The number of hydrogen-bond acceptors (Lipinski definition) is 4. The second kappa shape index (κ2) is 5.71. The average Bonchev–Trinajstić information content (AvgIpc) is 2.84. The minimum absolute atomic E-state index is 0.256. The van der Waals surface area contributed by atoms with Crippen LogP contribution in [0.3, 0.4) is 0 Å². The highest BCUT2D eigenvalue weighted by molar-refractivity contribution is 5.70. The molecule has 3 rings (SSSR count). The van der Waals surface area contributed by atoms with Gasteiger partial charge in [-0.25, -0.2) is 4.79 Å². The number of nitrogens with zero attached hydrogens (tertiary/aromatic N) is 1. The molecule has 1 aromatic rings. The number of rotatable bonds is 4. The van der Waals surface area contributed by atoms with Gasteiger partial charge in [0, 0.05) is 32.5 Å². The van der Waals surface area contributed by atoms with Crippen LogP contribution in [0.1, 0.15) is 12.8 Å². The average molecular weight is 276 g/mol. The molecule has 0 saturated carbocycles. The minimum atomic E-state index is -0.272. The molecule has 2 saturated heterocycles. The smallest absolute Gasteiger partial charge is 0.407 e. The third-order valence-electron chi connectivity index (χ3n) is 4.05. The summed E-state index contributed by atoms with van der Waals surface area (Å²) < 4.78 is 11.1. The van der Waals surface area contributed by atoms with Gasteiger partial charge in [-0.2, -0.15) is 0 Å². The normalized spacial score (nSPS) is 21.5. The van der Waals surface area contributed by atoms with Crippen molar-refractivity contribution in [2.75, 3.05) is 32.8 Å². The molecule has 108 valence electrons. The van der Waals surface area contributed by atoms with E-state index >= 15 is 0 Å². The molecule has 0 radical (unpaired) electrons. The molecule has 5 nitrogen and oxygen atoms in total. The Balaban J connectivity index is 1.40. The number of hydrogen-bond donors (Lipinski definition) is 1. The molecule has 1 N–H and O–H groups in total. The molecule has 2 heterocycles. The fourth-order valence-electron chi connectivity index (χ4n) is 2.77. The van der Waals surface area contributed by atoms with Crippen molar-refractivity contribution in [3.63, 3.8) is 0 Å². The van der Waals surface area contributed by atoms with Crippen molar-refractivity contribution in [1.29, 1.82) is 0 Å². The van der Waals surface area contributed by atoms with Crippen molar-refractivity contribution in [1.82, 2.24) is 10.2 Å². The number of para-hydroxylation sites is 1. The highest BCUT2D eigenvalue weighted by Gasteiger charge is 2.42. The summed E-state index contributed by atoms with van der Waals surface area (Å²) in [6.45, 7) is 4.15. The number of ether oxygens (including phenoxy) is 2. The minimum Gasteiger partial charge on any atom is -0.492 e. The standard InChI is InChI=1S/C15H20N2O3/c18-14-16-12-15(20-14)6-8-17(9-7-15)10-11-19-13-4-2-1-3-5-13/h1-5H,6-12H2,(H,16,18). The van der Waals surface area contributed by atoms with Crippen LogP contribution in [0.4, 0.5) is 4.79 Å². The van der Waals surface area contributed by atoms with E-state index in [0.29, 0.717) is 13.2 Å². The Bertz CT molecular complexity index is 455. The highest BCUT2D eigenvalue weighted by atomic mass is 16.6. The Morgan fingerprint density at radius 1 is 1.25 bits per heavy atom. The van der Waals surface area contributed by atoms with E-state index in [-0.39, 0.29) is 11.7 Å². The predicted octanol–water partition coefficient (Wildman–Crippen LogP) is 1.64. The highest BCUT2D eigenvalue weighted by Crippen LogP contribution is 2.28. The summed E-state index contributed by atoms with van der Waals surface area (Å²) in [7, 11) is 0. The van der Waals surface area contributed by atoms with Crippen molar-refractivity contribution in [3.8, 4) is 5.75 Å². The van der Waals surface area contributed by atoms with E-state index in [0.717, 1.165) is 38.2 Å². The first-order valence-corrected chi connectivity index (χ1v) is 7.13. The van der Waals surface area contributed by atoms with Crippen LogP contribution in [0, 0.1) is 0 Å². The van der Waals surface area contributed by atoms with Crippen LogP contribution >= 0.6 is 0 Å². The zero-order valence-corrected chi connectivity index (χ0v) is 11.5. The molecule has 2 aliphatic heterocycles. The summed E-state index contributed by atoms with van der Waals surface area (Å²) in [5.74, 6) is 0.912. The lowest BCUT2D eigenvalue weighted by molar-refractivity contribution is -0.00147. The summed E-state index contributed by atoms with van der Waals surface area (Å²) in [6, 6.07) is 9.86. The van der Waals surface area contributed by atoms with Crippen LogP contribution in [0.2, 0.25) is 0 Å². The first kappa shape index (κ1) is 13.2. The van der Waals surface area contributed by atoms with E-state index in [1.165, 1.54) is 0 Å². The summed E-state index contributed by atoms with van der Waals surface area (Å²) in [5.41, 5.74) is -0.256. The maximum atomic E-state index is 11.2. The maximum absolute atomic E-state index is 11.2. The molecule has 0 unspecified atom stereocenters. The predicted molar refractivity (Wildman–Crippen MR) is 74.8 cm³/mol. The molecule has 2 aliphatic rings. The quantitative estimate of drug-likeness (QED) is 0.908. The van der Waals surface area contributed by atoms with Gasteiger partial charge in [0.25, 0.3) is 0 Å². The van der Waals surface area contributed by atoms with Crippen LogP contribution in [0.25, 0.3) is 0 Å². The van der Waals surface area contributed by atoms with Crippen molar-refractivity contribution < 1.29 is 14.3 Å². The Morgan fingerprint density at radius 3 is 2.65 bits per heavy atom. The Labute approximate surface area is 118 Å². The molecular weight excluding hydrogens is 256 g/mol. The van der Waals surface area contributed by atoms with Crippen molar-refractivity contribution in [3.05, 3.63) is 30.3 Å². The number of alkyl carbamates (subject to hydrolysis) is 1. The zero-order chi connectivity index (χ0) is 13.8. The van der Waals surface area contributed by atoms with Gasteiger partial charge in [0.15, 0.2) is 0 Å². The van der Waals surface area contributed by atoms with Crippen LogP contribution in [0.5, 0.6) is 5.75 Å². The molecule has 0 atom stereocenters. The van der Waals surface area contributed by atoms with Crippen LogP contribution in [-0.4, -0.2) is 49.4 Å². The third kappa shape index (κ3) is 3.04. The van der Waals surface area contributed by atoms with Gasteiger partial charge in [0.1, 0.15) is 18.0 Å². The summed E-state index contributed by atoms with van der Waals surface area (Å²) >= 11 is 0. The summed E-state index contributed by atoms with van der Waals surface area (Å²) in [6.07, 6.45) is 1.53. The molecule has 1 amide bonds. The number of likely N-dealkylation sites (tertiary alicyclic amines) is 1. The lowest BCUT2D eigenvalue weighted by Crippen LogP contribution is -2.47. The largest absolute Gasteiger partial charge is 0.492 e. The van der Waals surface area contributed by atoms with Gasteiger partial charge in [0.05, 0.1) is 6.54 Å².